The molecule has 0 bridgehead atoms. The Morgan fingerprint density at radius 1 is 1.03 bits per heavy atom. The van der Waals surface area contributed by atoms with Gasteiger partial charge in [0.25, 0.3) is 11.8 Å². The number of aryl methyl sites for hydroxylation is 2. The lowest BCUT2D eigenvalue weighted by molar-refractivity contribution is -0.123. The molecule has 8 nitrogen and oxygen atoms in total. The molecule has 3 amide bonds. The number of nitrogens with one attached hydrogen (secondary N) is 1. The highest BCUT2D eigenvalue weighted by molar-refractivity contribution is 6.25. The molecule has 0 spiro atoms. The van der Waals surface area contributed by atoms with Crippen LogP contribution in [0.25, 0.3) is 0 Å². The van der Waals surface area contributed by atoms with Crippen LogP contribution in [-0.2, 0) is 14.4 Å². The molecule has 30 heavy (non-hydrogen) atoms. The first-order valence-corrected chi connectivity index (χ1v) is 9.13. The number of nitrogens with zero attached hydrogens (tertiary/aromatic N) is 4. The van der Waals surface area contributed by atoms with Gasteiger partial charge in [-0.3, -0.25) is 19.4 Å². The highest BCUT2D eigenvalue weighted by Crippen LogP contribution is 2.32. The summed E-state index contributed by atoms with van der Waals surface area (Å²) >= 11 is 0. The maximum absolute atomic E-state index is 13.6. The van der Waals surface area contributed by atoms with E-state index in [0.717, 1.165) is 39.2 Å². The van der Waals surface area contributed by atoms with Crippen molar-refractivity contribution in [3.05, 3.63) is 59.2 Å². The van der Waals surface area contributed by atoms with E-state index in [2.05, 4.69) is 15.7 Å². The maximum Gasteiger partial charge on any atom is 0.263 e. The molecule has 154 valence electrons. The maximum atomic E-state index is 13.6. The first kappa shape index (κ1) is 19.6. The minimum Gasteiger partial charge on any atom is -0.324 e. The zero-order valence-electron chi connectivity index (χ0n) is 16.1. The van der Waals surface area contributed by atoms with Gasteiger partial charge in [-0.2, -0.15) is 5.11 Å². The standard InChI is InChI=1S/C20H17F2N5O3/c1-10-5-11(2)7-12(6-10)23-16(28)9-26-18-17(24-25-26)19(29)27(20(18)30)13-3-4-14(21)15(22)8-13/h3-8,17-18H,9H2,1-2H3,(H,23,28)/t17-,18-/m0/s1. The second kappa shape index (κ2) is 7.29. The zero-order chi connectivity index (χ0) is 21.6. The van der Waals surface area contributed by atoms with Crippen molar-refractivity contribution in [1.29, 1.82) is 0 Å². The van der Waals surface area contributed by atoms with Gasteiger partial charge >= 0.3 is 0 Å². The number of anilines is 2. The molecule has 1 saturated heterocycles. The Bertz CT molecular complexity index is 1080. The van der Waals surface area contributed by atoms with Crippen molar-refractivity contribution < 1.29 is 23.2 Å². The lowest BCUT2D eigenvalue weighted by atomic mass is 10.1. The van der Waals surface area contributed by atoms with E-state index in [4.69, 9.17) is 0 Å². The number of rotatable bonds is 4. The SMILES string of the molecule is Cc1cc(C)cc(NC(=O)CN2N=N[C@@H]3C(=O)N(c4ccc(F)c(F)c4)C(=O)[C@H]32)c1. The predicted molar refractivity (Wildman–Crippen MR) is 103 cm³/mol. The molecule has 2 aliphatic heterocycles. The molecule has 0 unspecified atom stereocenters. The Hall–Kier alpha value is -3.69. The third-order valence-corrected chi connectivity index (χ3v) is 4.83. The van der Waals surface area contributed by atoms with E-state index < -0.39 is 41.4 Å². The third kappa shape index (κ3) is 3.40. The van der Waals surface area contributed by atoms with Crippen LogP contribution in [0.15, 0.2) is 46.7 Å². The quantitative estimate of drug-likeness (QED) is 0.780. The van der Waals surface area contributed by atoms with Crippen molar-refractivity contribution in [3.8, 4) is 0 Å². The second-order valence-electron chi connectivity index (χ2n) is 7.23. The van der Waals surface area contributed by atoms with Crippen molar-refractivity contribution in [1.82, 2.24) is 5.01 Å². The molecule has 2 heterocycles. The van der Waals surface area contributed by atoms with Gasteiger partial charge in [0, 0.05) is 11.8 Å². The van der Waals surface area contributed by atoms with Crippen LogP contribution in [0.4, 0.5) is 20.2 Å². The van der Waals surface area contributed by atoms with Gasteiger partial charge in [-0.1, -0.05) is 11.3 Å². The van der Waals surface area contributed by atoms with Gasteiger partial charge in [-0.25, -0.2) is 13.7 Å². The van der Waals surface area contributed by atoms with Crippen molar-refractivity contribution in [2.75, 3.05) is 16.8 Å². The Labute approximate surface area is 170 Å². The number of benzene rings is 2. The number of hydrogen-bond acceptors (Lipinski definition) is 6. The average Bonchev–Trinajstić information content (AvgIpc) is 3.17. The second-order valence-corrected chi connectivity index (χ2v) is 7.23. The van der Waals surface area contributed by atoms with E-state index in [1.807, 2.05) is 19.9 Å². The molecule has 2 atom stereocenters. The summed E-state index contributed by atoms with van der Waals surface area (Å²) in [6, 6.07) is 6.03. The summed E-state index contributed by atoms with van der Waals surface area (Å²) in [4.78, 5) is 38.6. The highest BCUT2D eigenvalue weighted by Gasteiger charge is 2.55. The van der Waals surface area contributed by atoms with Crippen LogP contribution >= 0.6 is 0 Å². The molecular formula is C20H17F2N5O3. The van der Waals surface area contributed by atoms with Crippen LogP contribution in [0.2, 0.25) is 0 Å². The normalized spacial score (nSPS) is 20.1. The molecule has 10 heteroatoms. The smallest absolute Gasteiger partial charge is 0.263 e. The average molecular weight is 413 g/mol. The Morgan fingerprint density at radius 2 is 1.73 bits per heavy atom. The number of halogens is 2. The molecule has 1 fully saturated rings. The zero-order valence-corrected chi connectivity index (χ0v) is 16.1. The van der Waals surface area contributed by atoms with Gasteiger partial charge in [0.1, 0.15) is 6.54 Å². The summed E-state index contributed by atoms with van der Waals surface area (Å²) < 4.78 is 26.8. The van der Waals surface area contributed by atoms with Crippen LogP contribution in [0.1, 0.15) is 11.1 Å². The van der Waals surface area contributed by atoms with Crippen LogP contribution in [0.5, 0.6) is 0 Å². The molecular weight excluding hydrogens is 396 g/mol. The summed E-state index contributed by atoms with van der Waals surface area (Å²) in [5.41, 5.74) is 2.45. The lowest BCUT2D eigenvalue weighted by Crippen LogP contribution is -2.43. The largest absolute Gasteiger partial charge is 0.324 e. The van der Waals surface area contributed by atoms with Crippen molar-refractivity contribution in [2.45, 2.75) is 25.9 Å². The fourth-order valence-electron chi connectivity index (χ4n) is 3.63. The van der Waals surface area contributed by atoms with Crippen LogP contribution in [0.3, 0.4) is 0 Å². The molecule has 0 saturated carbocycles. The number of carbonyl (C=O) groups excluding carboxylic acids is 3. The van der Waals surface area contributed by atoms with E-state index >= 15 is 0 Å². The number of carbonyl (C=O) groups is 3. The minimum absolute atomic E-state index is 0.104. The fraction of sp³-hybridized carbons (Fsp3) is 0.250. The molecule has 1 N–H and O–H groups in total. The van der Waals surface area contributed by atoms with Gasteiger partial charge in [0.15, 0.2) is 23.7 Å². The van der Waals surface area contributed by atoms with Gasteiger partial charge in [-0.05, 0) is 49.2 Å². The summed E-state index contributed by atoms with van der Waals surface area (Å²) in [5, 5.41) is 11.5. The van der Waals surface area contributed by atoms with Gasteiger partial charge in [0.2, 0.25) is 5.91 Å². The van der Waals surface area contributed by atoms with E-state index in [-0.39, 0.29) is 12.2 Å². The van der Waals surface area contributed by atoms with Gasteiger partial charge < -0.3 is 5.32 Å². The Morgan fingerprint density at radius 3 is 2.40 bits per heavy atom. The van der Waals surface area contributed by atoms with Crippen molar-refractivity contribution >= 4 is 29.1 Å². The topological polar surface area (TPSA) is 94.4 Å². The molecule has 0 radical (unpaired) electrons. The van der Waals surface area contributed by atoms with Crippen LogP contribution < -0.4 is 10.2 Å². The summed E-state index contributed by atoms with van der Waals surface area (Å²) in [5.74, 6) is -4.14. The number of hydrogen-bond donors (Lipinski definition) is 1. The molecule has 2 aliphatic rings. The van der Waals surface area contributed by atoms with E-state index in [0.29, 0.717) is 5.69 Å². The van der Waals surface area contributed by atoms with E-state index in [1.165, 1.54) is 0 Å². The number of amides is 3. The predicted octanol–water partition coefficient (Wildman–Crippen LogP) is 2.51. The number of fused-ring (bicyclic) bond motifs is 1. The molecule has 2 aromatic rings. The first-order valence-electron chi connectivity index (χ1n) is 9.13. The van der Waals surface area contributed by atoms with E-state index in [1.54, 1.807) is 12.1 Å². The first-order chi connectivity index (χ1) is 14.2. The van der Waals surface area contributed by atoms with Crippen molar-refractivity contribution in [3.63, 3.8) is 0 Å². The van der Waals surface area contributed by atoms with Gasteiger partial charge in [0.05, 0.1) is 5.69 Å². The minimum atomic E-state index is -1.18. The lowest BCUT2D eigenvalue weighted by Gasteiger charge is -2.20. The summed E-state index contributed by atoms with van der Waals surface area (Å²) in [6.45, 7) is 3.50. The highest BCUT2D eigenvalue weighted by atomic mass is 19.2. The third-order valence-electron chi connectivity index (χ3n) is 4.83. The molecule has 2 aromatic carbocycles. The Balaban J connectivity index is 1.50. The molecule has 0 aliphatic carbocycles. The fourth-order valence-corrected chi connectivity index (χ4v) is 3.63. The number of imide groups is 1. The molecule has 4 rings (SSSR count). The van der Waals surface area contributed by atoms with Crippen LogP contribution in [0, 0.1) is 25.5 Å². The molecule has 0 aromatic heterocycles. The van der Waals surface area contributed by atoms with E-state index in [9.17, 15) is 23.2 Å². The van der Waals surface area contributed by atoms with Crippen molar-refractivity contribution in [2.24, 2.45) is 10.3 Å². The summed E-state index contributed by atoms with van der Waals surface area (Å²) in [6.07, 6.45) is 0. The van der Waals surface area contributed by atoms with Crippen LogP contribution in [-0.4, -0.2) is 41.4 Å². The monoisotopic (exact) mass is 413 g/mol. The van der Waals surface area contributed by atoms with Gasteiger partial charge in [-0.15, -0.1) is 0 Å². The summed E-state index contributed by atoms with van der Waals surface area (Å²) in [7, 11) is 0. The Kier molecular flexibility index (Phi) is 4.76.